The maximum atomic E-state index is 14.1. The molecular formula is C22H20ClF3N2. The van der Waals surface area contributed by atoms with E-state index in [2.05, 4.69) is 5.32 Å². The van der Waals surface area contributed by atoms with E-state index in [0.29, 0.717) is 37.1 Å². The second-order valence-corrected chi connectivity index (χ2v) is 7.24. The molecule has 0 aromatic heterocycles. The zero-order valence-corrected chi connectivity index (χ0v) is 15.9. The minimum absolute atomic E-state index is 0. The maximum Gasteiger partial charge on any atom is 0.408 e. The zero-order chi connectivity index (χ0) is 18.6. The summed E-state index contributed by atoms with van der Waals surface area (Å²) in [5, 5.41) is 8.95. The quantitative estimate of drug-likeness (QED) is 0.443. The minimum atomic E-state index is -4.32. The fourth-order valence-corrected chi connectivity index (χ4v) is 4.52. The summed E-state index contributed by atoms with van der Waals surface area (Å²) in [6, 6.07) is 15.8. The molecule has 4 aromatic carbocycles. The van der Waals surface area contributed by atoms with Gasteiger partial charge in [0.15, 0.2) is 0 Å². The molecule has 4 aromatic rings. The first kappa shape index (κ1) is 19.2. The van der Waals surface area contributed by atoms with Crippen LogP contribution in [0.3, 0.4) is 0 Å². The van der Waals surface area contributed by atoms with Gasteiger partial charge in [-0.05, 0) is 37.9 Å². The lowest BCUT2D eigenvalue weighted by Crippen LogP contribution is -2.49. The highest BCUT2D eigenvalue weighted by Crippen LogP contribution is 2.44. The van der Waals surface area contributed by atoms with Crippen LogP contribution < -0.4 is 5.32 Å². The molecule has 1 atom stereocenters. The summed E-state index contributed by atoms with van der Waals surface area (Å²) in [7, 11) is 0. The first-order valence-electron chi connectivity index (χ1n) is 9.22. The van der Waals surface area contributed by atoms with Crippen LogP contribution in [0.25, 0.3) is 32.3 Å². The second kappa shape index (κ2) is 7.07. The summed E-state index contributed by atoms with van der Waals surface area (Å²) in [4.78, 5) is 1.56. The second-order valence-electron chi connectivity index (χ2n) is 7.24. The molecule has 0 saturated carbocycles. The van der Waals surface area contributed by atoms with E-state index < -0.39 is 12.2 Å². The average Bonchev–Trinajstić information content (AvgIpc) is 2.67. The molecule has 0 aliphatic carbocycles. The Morgan fingerprint density at radius 3 is 2.00 bits per heavy atom. The van der Waals surface area contributed by atoms with Gasteiger partial charge in [-0.3, -0.25) is 4.90 Å². The van der Waals surface area contributed by atoms with Gasteiger partial charge in [0.2, 0.25) is 0 Å². The van der Waals surface area contributed by atoms with E-state index in [0.717, 1.165) is 26.9 Å². The van der Waals surface area contributed by atoms with Crippen molar-refractivity contribution in [2.45, 2.75) is 12.2 Å². The van der Waals surface area contributed by atoms with E-state index in [4.69, 9.17) is 0 Å². The van der Waals surface area contributed by atoms with Crippen molar-refractivity contribution in [1.29, 1.82) is 0 Å². The Kier molecular flexibility index (Phi) is 4.86. The Morgan fingerprint density at radius 1 is 0.786 bits per heavy atom. The van der Waals surface area contributed by atoms with Gasteiger partial charge in [0.25, 0.3) is 0 Å². The van der Waals surface area contributed by atoms with Gasteiger partial charge in [0.05, 0.1) is 0 Å². The van der Waals surface area contributed by atoms with E-state index in [1.807, 2.05) is 48.5 Å². The van der Waals surface area contributed by atoms with Crippen LogP contribution in [0, 0.1) is 0 Å². The van der Waals surface area contributed by atoms with Gasteiger partial charge in [0.1, 0.15) is 6.04 Å². The van der Waals surface area contributed by atoms with Crippen molar-refractivity contribution < 1.29 is 13.2 Å². The van der Waals surface area contributed by atoms with Crippen LogP contribution >= 0.6 is 12.4 Å². The highest BCUT2D eigenvalue weighted by Gasteiger charge is 2.45. The molecule has 6 heteroatoms. The van der Waals surface area contributed by atoms with Gasteiger partial charge in [-0.1, -0.05) is 54.6 Å². The standard InChI is InChI=1S/C22H19F3N2.ClH/c23-22(24,25)21(27-12-10-26-11-13-27)18-9-7-16-5-4-14-2-1-3-15-6-8-17(18)20(16)19(14)15;/h1-9,21,26H,10-13H2;1H/t21-;/m1./s1. The van der Waals surface area contributed by atoms with Crippen molar-refractivity contribution in [2.75, 3.05) is 26.2 Å². The van der Waals surface area contributed by atoms with Gasteiger partial charge in [-0.15, -0.1) is 12.4 Å². The molecule has 1 heterocycles. The summed E-state index contributed by atoms with van der Waals surface area (Å²) in [5.74, 6) is 0. The first-order chi connectivity index (χ1) is 13.0. The van der Waals surface area contributed by atoms with Gasteiger partial charge in [-0.2, -0.15) is 13.2 Å². The smallest absolute Gasteiger partial charge is 0.314 e. The summed E-state index contributed by atoms with van der Waals surface area (Å²) in [6.07, 6.45) is -4.32. The monoisotopic (exact) mass is 404 g/mol. The number of nitrogens with zero attached hydrogens (tertiary/aromatic N) is 1. The number of benzene rings is 4. The molecule has 2 nitrogen and oxygen atoms in total. The molecule has 146 valence electrons. The van der Waals surface area contributed by atoms with Gasteiger partial charge < -0.3 is 5.32 Å². The molecule has 0 unspecified atom stereocenters. The van der Waals surface area contributed by atoms with Crippen LogP contribution in [0.4, 0.5) is 13.2 Å². The van der Waals surface area contributed by atoms with Crippen molar-refractivity contribution >= 4 is 44.7 Å². The number of rotatable bonds is 2. The number of halogens is 4. The highest BCUT2D eigenvalue weighted by atomic mass is 35.5. The van der Waals surface area contributed by atoms with E-state index in [-0.39, 0.29) is 12.4 Å². The topological polar surface area (TPSA) is 15.3 Å². The van der Waals surface area contributed by atoms with Crippen LogP contribution in [0.15, 0.2) is 54.6 Å². The van der Waals surface area contributed by atoms with Crippen LogP contribution in [0.1, 0.15) is 11.6 Å². The molecule has 0 amide bonds. The number of alkyl halides is 3. The van der Waals surface area contributed by atoms with Crippen LogP contribution in [-0.2, 0) is 0 Å². The van der Waals surface area contributed by atoms with E-state index in [1.54, 1.807) is 11.0 Å². The van der Waals surface area contributed by atoms with E-state index in [1.165, 1.54) is 0 Å². The normalized spacial score (nSPS) is 17.2. The fraction of sp³-hybridized carbons (Fsp3) is 0.273. The third-order valence-electron chi connectivity index (χ3n) is 5.68. The Bertz CT molecular complexity index is 1100. The molecule has 0 spiro atoms. The number of hydrogen-bond donors (Lipinski definition) is 1. The molecule has 0 bridgehead atoms. The predicted molar refractivity (Wildman–Crippen MR) is 111 cm³/mol. The Morgan fingerprint density at radius 2 is 1.36 bits per heavy atom. The van der Waals surface area contributed by atoms with Crippen LogP contribution in [0.5, 0.6) is 0 Å². The largest absolute Gasteiger partial charge is 0.408 e. The summed E-state index contributed by atoms with van der Waals surface area (Å²) < 4.78 is 42.4. The van der Waals surface area contributed by atoms with E-state index in [9.17, 15) is 13.2 Å². The SMILES string of the molecule is Cl.FC(F)(F)[C@@H](c1ccc2ccc3cccc4ccc1c2c34)N1CCNCC1. The first-order valence-corrected chi connectivity index (χ1v) is 9.22. The third-order valence-corrected chi connectivity index (χ3v) is 5.68. The average molecular weight is 405 g/mol. The van der Waals surface area contributed by atoms with Crippen LogP contribution in [-0.4, -0.2) is 37.3 Å². The lowest BCUT2D eigenvalue weighted by Gasteiger charge is -2.36. The summed E-state index contributed by atoms with van der Waals surface area (Å²) >= 11 is 0. The molecule has 1 aliphatic rings. The fourth-order valence-electron chi connectivity index (χ4n) is 4.52. The number of hydrogen-bond acceptors (Lipinski definition) is 2. The molecule has 1 fully saturated rings. The van der Waals surface area contributed by atoms with Gasteiger partial charge in [-0.25, -0.2) is 0 Å². The van der Waals surface area contributed by atoms with Crippen molar-refractivity contribution in [3.05, 3.63) is 60.2 Å². The molecule has 1 aliphatic heterocycles. The maximum absolute atomic E-state index is 14.1. The van der Waals surface area contributed by atoms with Crippen molar-refractivity contribution in [3.63, 3.8) is 0 Å². The van der Waals surface area contributed by atoms with E-state index >= 15 is 0 Å². The lowest BCUT2D eigenvalue weighted by molar-refractivity contribution is -0.187. The third kappa shape index (κ3) is 2.98. The van der Waals surface area contributed by atoms with Crippen LogP contribution in [0.2, 0.25) is 0 Å². The number of nitrogens with one attached hydrogen (secondary N) is 1. The molecular weight excluding hydrogens is 385 g/mol. The molecule has 1 saturated heterocycles. The minimum Gasteiger partial charge on any atom is -0.314 e. The Labute approximate surface area is 167 Å². The number of piperazine rings is 1. The molecule has 5 rings (SSSR count). The van der Waals surface area contributed by atoms with Gasteiger partial charge in [0, 0.05) is 26.2 Å². The summed E-state index contributed by atoms with van der Waals surface area (Å²) in [5.41, 5.74) is 0.357. The summed E-state index contributed by atoms with van der Waals surface area (Å²) in [6.45, 7) is 1.95. The highest BCUT2D eigenvalue weighted by molar-refractivity contribution is 6.23. The Balaban J connectivity index is 0.00000192. The predicted octanol–water partition coefficient (Wildman–Crippen LogP) is 5.51. The molecule has 28 heavy (non-hydrogen) atoms. The Hall–Kier alpha value is -2.08. The van der Waals surface area contributed by atoms with Gasteiger partial charge >= 0.3 is 6.18 Å². The van der Waals surface area contributed by atoms with Crippen molar-refractivity contribution in [1.82, 2.24) is 10.2 Å². The lowest BCUT2D eigenvalue weighted by atomic mass is 9.89. The zero-order valence-electron chi connectivity index (χ0n) is 15.1. The van der Waals surface area contributed by atoms with Crippen molar-refractivity contribution in [3.8, 4) is 0 Å². The molecule has 0 radical (unpaired) electrons. The molecule has 1 N–H and O–H groups in total. The van der Waals surface area contributed by atoms with Crippen molar-refractivity contribution in [2.24, 2.45) is 0 Å².